The molecule has 0 aromatic heterocycles. The van der Waals surface area contributed by atoms with Gasteiger partial charge in [-0.25, -0.2) is 0 Å². The van der Waals surface area contributed by atoms with E-state index >= 15 is 0 Å². The monoisotopic (exact) mass is 112 g/mol. The van der Waals surface area contributed by atoms with Crippen molar-refractivity contribution < 1.29 is 46.6 Å². The molecule has 4 heavy (non-hydrogen) atoms. The van der Waals surface area contributed by atoms with Crippen LogP contribution in [0.5, 0.6) is 0 Å². The van der Waals surface area contributed by atoms with Gasteiger partial charge in [0.1, 0.15) is 0 Å². The molecule has 0 aliphatic rings. The second-order valence-electron chi connectivity index (χ2n) is 0. The van der Waals surface area contributed by atoms with Gasteiger partial charge in [0, 0.05) is 0 Å². The summed E-state index contributed by atoms with van der Waals surface area (Å²) in [6, 6.07) is 0. The molecule has 0 bridgehead atoms. The Labute approximate surface area is 58.1 Å². The zero-order chi connectivity index (χ0) is 2.00. The minimum absolute atomic E-state index is 0. The smallest absolute Gasteiger partial charge is 0.512 e. The summed E-state index contributed by atoms with van der Waals surface area (Å²) in [5.41, 5.74) is 0. The van der Waals surface area contributed by atoms with Crippen molar-refractivity contribution in [3.63, 3.8) is 0 Å². The summed E-state index contributed by atoms with van der Waals surface area (Å²) in [6.45, 7) is 4.75. The first-order valence-electron chi connectivity index (χ1n) is 0.224. The van der Waals surface area contributed by atoms with Crippen molar-refractivity contribution in [3.05, 3.63) is 6.57 Å². The van der Waals surface area contributed by atoms with Gasteiger partial charge < -0.3 is 11.8 Å². The molecule has 20 valence electrons. The minimum atomic E-state index is 0. The zero-order valence-electron chi connectivity index (χ0n) is 2.25. The van der Waals surface area contributed by atoms with Crippen LogP contribution in [0.15, 0.2) is 0 Å². The first kappa shape index (κ1) is 19.9. The maximum Gasteiger partial charge on any atom is 1.00 e. The Kier molecular flexibility index (Phi) is 178. The molecule has 0 unspecified atom stereocenters. The van der Waals surface area contributed by atoms with E-state index in [-0.39, 0.29) is 46.6 Å². The molecule has 0 spiro atoms. The molecule has 0 radical (unpaired) electrons. The van der Waals surface area contributed by atoms with Gasteiger partial charge in [-0.3, -0.25) is 0 Å². The fourth-order valence-electron chi connectivity index (χ4n) is 0. The molecule has 0 saturated carbocycles. The number of hydrogen-bond acceptors (Lipinski definition) is 1. The van der Waals surface area contributed by atoms with Gasteiger partial charge in [-0.1, -0.05) is 0 Å². The summed E-state index contributed by atoms with van der Waals surface area (Å²) >= 11 is 0. The van der Waals surface area contributed by atoms with Crippen LogP contribution in [0.25, 0.3) is 0 Å². The van der Waals surface area contributed by atoms with Crippen molar-refractivity contribution in [3.8, 4) is 0 Å². The van der Waals surface area contributed by atoms with E-state index in [0.717, 1.165) is 0 Å². The second kappa shape index (κ2) is 35.6. The Morgan fingerprint density at radius 1 is 1.25 bits per heavy atom. The molecule has 0 aromatic rings. The van der Waals surface area contributed by atoms with E-state index in [1.54, 1.807) is 0 Å². The third-order valence-electron chi connectivity index (χ3n) is 0. The third-order valence-corrected chi connectivity index (χ3v) is 0. The van der Waals surface area contributed by atoms with Gasteiger partial charge in [0.05, 0.1) is 0 Å². The number of nitrogens with zero attached hydrogens (tertiary/aromatic N) is 1. The Balaban J connectivity index is -0.00000000500. The van der Waals surface area contributed by atoms with Crippen molar-refractivity contribution in [2.75, 3.05) is 0 Å². The molecule has 0 N–H and O–H groups in total. The summed E-state index contributed by atoms with van der Waals surface area (Å²) < 4.78 is 0. The summed E-state index contributed by atoms with van der Waals surface area (Å²) in [7, 11) is 0. The Morgan fingerprint density at radius 3 is 1.25 bits per heavy atom. The van der Waals surface area contributed by atoms with Crippen molar-refractivity contribution in [1.82, 2.24) is 0 Å². The molecule has 1 nitrogen and oxygen atoms in total. The zero-order valence-corrected chi connectivity index (χ0v) is 5.19. The Morgan fingerprint density at radius 2 is 1.25 bits per heavy atom. The summed E-state index contributed by atoms with van der Waals surface area (Å²) in [6.07, 6.45) is 0. The molecule has 0 aliphatic heterocycles. The van der Waals surface area contributed by atoms with Gasteiger partial charge in [0.15, 0.2) is 0 Å². The molecular weight excluding hydrogens is 113 g/mol. The van der Waals surface area contributed by atoms with Crippen LogP contribution in [-0.4, -0.2) is 0 Å². The molecule has 0 amide bonds. The summed E-state index contributed by atoms with van der Waals surface area (Å²) in [5, 5.41) is 6.25. The van der Waals surface area contributed by atoms with Crippen LogP contribution in [0, 0.1) is 11.8 Å². The molecule has 0 fully saturated rings. The maximum atomic E-state index is 6.25. The van der Waals surface area contributed by atoms with E-state index in [0.29, 0.717) is 0 Å². The third kappa shape index (κ3) is 11.9. The normalized spacial score (nSPS) is 0.500. The molecule has 3 heteroatoms. The molecule has 0 aliphatic carbocycles. The van der Waals surface area contributed by atoms with E-state index in [1.807, 2.05) is 0 Å². The maximum absolute atomic E-state index is 6.25. The van der Waals surface area contributed by atoms with E-state index in [9.17, 15) is 0 Å². The SMILES string of the molecule is [C-]#N.[Cu+].[Na+]. The number of hydrogen-bond donors (Lipinski definition) is 0. The van der Waals surface area contributed by atoms with E-state index in [1.165, 1.54) is 0 Å². The fourth-order valence-corrected chi connectivity index (χ4v) is 0. The topological polar surface area (TPSA) is 23.8 Å². The van der Waals surface area contributed by atoms with Crippen LogP contribution in [0.4, 0.5) is 0 Å². The van der Waals surface area contributed by atoms with E-state index in [4.69, 9.17) is 11.8 Å². The van der Waals surface area contributed by atoms with Gasteiger partial charge in [-0.15, -0.1) is 0 Å². The standard InChI is InChI=1S/CN.Cu.Na/c1-2;;/q-1;2*+1. The van der Waals surface area contributed by atoms with Crippen molar-refractivity contribution in [2.24, 2.45) is 0 Å². The van der Waals surface area contributed by atoms with Gasteiger partial charge >= 0.3 is 46.6 Å². The van der Waals surface area contributed by atoms with Crippen molar-refractivity contribution in [1.29, 1.82) is 5.26 Å². The predicted octanol–water partition coefficient (Wildman–Crippen LogP) is -2.90. The van der Waals surface area contributed by atoms with E-state index < -0.39 is 0 Å². The molecule has 0 rings (SSSR count). The Hall–Kier alpha value is 1.01. The van der Waals surface area contributed by atoms with Crippen LogP contribution < -0.4 is 29.6 Å². The van der Waals surface area contributed by atoms with Crippen molar-refractivity contribution >= 4 is 0 Å². The molecule has 0 aromatic carbocycles. The average molecular weight is 113 g/mol. The van der Waals surface area contributed by atoms with Gasteiger partial charge in [-0.2, -0.15) is 0 Å². The largest absolute Gasteiger partial charge is 1.00 e. The van der Waals surface area contributed by atoms with Crippen LogP contribution in [0.3, 0.4) is 0 Å². The van der Waals surface area contributed by atoms with Crippen LogP contribution in [0.2, 0.25) is 0 Å². The van der Waals surface area contributed by atoms with Crippen LogP contribution in [-0.2, 0) is 17.1 Å². The minimum Gasteiger partial charge on any atom is -0.512 e. The fraction of sp³-hybridized carbons (Fsp3) is 0. The Bertz CT molecular complexity index is 12.8. The molecule has 0 saturated heterocycles. The van der Waals surface area contributed by atoms with E-state index in [2.05, 4.69) is 0 Å². The van der Waals surface area contributed by atoms with Gasteiger partial charge in [0.2, 0.25) is 0 Å². The molecular formula is CCuNNa+. The molecule has 0 heterocycles. The quantitative estimate of drug-likeness (QED) is 0.244. The predicted molar refractivity (Wildman–Crippen MR) is 4.97 cm³/mol. The first-order chi connectivity index (χ1) is 1.00. The summed E-state index contributed by atoms with van der Waals surface area (Å²) in [5.74, 6) is 0. The number of rotatable bonds is 0. The van der Waals surface area contributed by atoms with Crippen LogP contribution in [0.1, 0.15) is 0 Å². The van der Waals surface area contributed by atoms with Gasteiger partial charge in [0.25, 0.3) is 0 Å². The first-order valence-corrected chi connectivity index (χ1v) is 0.224. The molecule has 0 atom stereocenters. The summed E-state index contributed by atoms with van der Waals surface area (Å²) in [4.78, 5) is 0. The van der Waals surface area contributed by atoms with Gasteiger partial charge in [-0.05, 0) is 0 Å². The van der Waals surface area contributed by atoms with Crippen molar-refractivity contribution in [2.45, 2.75) is 0 Å². The second-order valence-corrected chi connectivity index (χ2v) is 0. The average Bonchev–Trinajstić information content (AvgIpc) is 1.00. The van der Waals surface area contributed by atoms with Crippen LogP contribution >= 0.6 is 0 Å².